The molecule has 0 aromatic heterocycles. The molecule has 6 nitrogen and oxygen atoms in total. The van der Waals surface area contributed by atoms with Crippen LogP contribution in [0.15, 0.2) is 85.1 Å². The molecular formula is C63H108O6. The first-order valence-corrected chi connectivity index (χ1v) is 29.1. The van der Waals surface area contributed by atoms with Crippen LogP contribution in [0.4, 0.5) is 0 Å². The predicted octanol–water partition coefficient (Wildman–Crippen LogP) is 19.5. The van der Waals surface area contributed by atoms with Crippen LogP contribution in [0, 0.1) is 0 Å². The van der Waals surface area contributed by atoms with Crippen molar-refractivity contribution in [3.8, 4) is 0 Å². The monoisotopic (exact) mass is 961 g/mol. The van der Waals surface area contributed by atoms with Gasteiger partial charge < -0.3 is 14.2 Å². The van der Waals surface area contributed by atoms with Gasteiger partial charge in [-0.3, -0.25) is 14.4 Å². The first-order valence-electron chi connectivity index (χ1n) is 29.1. The average Bonchev–Trinajstić information content (AvgIpc) is 3.35. The second-order valence-corrected chi connectivity index (χ2v) is 19.2. The van der Waals surface area contributed by atoms with Gasteiger partial charge in [-0.15, -0.1) is 0 Å². The first kappa shape index (κ1) is 65.6. The molecule has 396 valence electrons. The second kappa shape index (κ2) is 57.2. The molecule has 0 aromatic carbocycles. The predicted molar refractivity (Wildman–Crippen MR) is 297 cm³/mol. The largest absolute Gasteiger partial charge is 0.462 e. The lowest BCUT2D eigenvalue weighted by atomic mass is 10.0. The molecule has 0 saturated heterocycles. The number of carbonyl (C=O) groups excluding carboxylic acids is 3. The van der Waals surface area contributed by atoms with Gasteiger partial charge in [0.15, 0.2) is 6.10 Å². The molecular weight excluding hydrogens is 853 g/mol. The average molecular weight is 962 g/mol. The lowest BCUT2D eigenvalue weighted by Gasteiger charge is -2.18. The van der Waals surface area contributed by atoms with Gasteiger partial charge in [-0.2, -0.15) is 0 Å². The minimum absolute atomic E-state index is 0.0743. The highest BCUT2D eigenvalue weighted by Gasteiger charge is 2.19. The van der Waals surface area contributed by atoms with Gasteiger partial charge in [-0.05, 0) is 77.0 Å². The number of allylic oxidation sites excluding steroid dienone is 14. The van der Waals surface area contributed by atoms with Crippen LogP contribution in [0.3, 0.4) is 0 Å². The van der Waals surface area contributed by atoms with Crippen LogP contribution < -0.4 is 0 Å². The molecule has 0 heterocycles. The third-order valence-corrected chi connectivity index (χ3v) is 12.4. The molecule has 0 aliphatic rings. The Hall–Kier alpha value is -3.41. The summed E-state index contributed by atoms with van der Waals surface area (Å²) in [6, 6.07) is 0. The fourth-order valence-corrected chi connectivity index (χ4v) is 8.07. The van der Waals surface area contributed by atoms with E-state index in [4.69, 9.17) is 14.2 Å². The van der Waals surface area contributed by atoms with Gasteiger partial charge in [0.2, 0.25) is 0 Å². The summed E-state index contributed by atoms with van der Waals surface area (Å²) >= 11 is 0. The van der Waals surface area contributed by atoms with Crippen molar-refractivity contribution in [2.45, 2.75) is 284 Å². The van der Waals surface area contributed by atoms with E-state index in [1.54, 1.807) is 0 Å². The summed E-state index contributed by atoms with van der Waals surface area (Å²) in [5.74, 6) is -0.885. The van der Waals surface area contributed by atoms with E-state index in [0.717, 1.165) is 109 Å². The van der Waals surface area contributed by atoms with Crippen molar-refractivity contribution >= 4 is 17.9 Å². The molecule has 0 N–H and O–H groups in total. The van der Waals surface area contributed by atoms with E-state index in [-0.39, 0.29) is 31.1 Å². The Balaban J connectivity index is 3.99. The van der Waals surface area contributed by atoms with Gasteiger partial charge in [0.25, 0.3) is 0 Å². The van der Waals surface area contributed by atoms with E-state index in [1.165, 1.54) is 128 Å². The van der Waals surface area contributed by atoms with Crippen molar-refractivity contribution in [3.63, 3.8) is 0 Å². The molecule has 6 heteroatoms. The highest BCUT2D eigenvalue weighted by Crippen LogP contribution is 2.16. The molecule has 0 spiro atoms. The Morgan fingerprint density at radius 1 is 0.304 bits per heavy atom. The lowest BCUT2D eigenvalue weighted by molar-refractivity contribution is -0.167. The van der Waals surface area contributed by atoms with Crippen molar-refractivity contribution in [2.24, 2.45) is 0 Å². The van der Waals surface area contributed by atoms with Crippen LogP contribution >= 0.6 is 0 Å². The highest BCUT2D eigenvalue weighted by atomic mass is 16.6. The third-order valence-electron chi connectivity index (χ3n) is 12.4. The Kier molecular flexibility index (Phi) is 54.3. The minimum Gasteiger partial charge on any atom is -0.462 e. The molecule has 0 aliphatic heterocycles. The maximum absolute atomic E-state index is 12.7. The fourth-order valence-electron chi connectivity index (χ4n) is 8.07. The normalized spacial score (nSPS) is 12.7. The molecule has 69 heavy (non-hydrogen) atoms. The molecule has 0 bridgehead atoms. The van der Waals surface area contributed by atoms with Crippen molar-refractivity contribution in [1.29, 1.82) is 0 Å². The van der Waals surface area contributed by atoms with Gasteiger partial charge in [0.1, 0.15) is 13.2 Å². The van der Waals surface area contributed by atoms with Gasteiger partial charge in [-0.1, -0.05) is 266 Å². The van der Waals surface area contributed by atoms with Gasteiger partial charge in [-0.25, -0.2) is 0 Å². The van der Waals surface area contributed by atoms with Crippen molar-refractivity contribution < 1.29 is 28.6 Å². The molecule has 0 fully saturated rings. The van der Waals surface area contributed by atoms with Crippen LogP contribution in [0.2, 0.25) is 0 Å². The number of unbranched alkanes of at least 4 members (excludes halogenated alkanes) is 27. The van der Waals surface area contributed by atoms with Gasteiger partial charge in [0, 0.05) is 19.3 Å². The smallest absolute Gasteiger partial charge is 0.306 e. The zero-order valence-electron chi connectivity index (χ0n) is 45.3. The van der Waals surface area contributed by atoms with E-state index in [9.17, 15) is 14.4 Å². The first-order chi connectivity index (χ1) is 34.0. The molecule has 0 aliphatic carbocycles. The number of hydrogen-bond donors (Lipinski definition) is 0. The maximum atomic E-state index is 12.7. The molecule has 1 unspecified atom stereocenters. The quantitative estimate of drug-likeness (QED) is 0.0262. The topological polar surface area (TPSA) is 78.9 Å². The van der Waals surface area contributed by atoms with E-state index in [1.807, 2.05) is 0 Å². The lowest BCUT2D eigenvalue weighted by Crippen LogP contribution is -2.30. The standard InChI is InChI=1S/C63H108O6/c1-4-7-10-13-15-17-19-21-22-23-24-25-26-27-28-29-30-31-32-33-34-35-36-37-38-39-40-42-43-45-47-50-53-56-62(65)68-59-60(58-67-61(64)55-52-49-12-9-6-3)69-63(66)57-54-51-48-46-44-41-20-18-16-14-11-8-5-2/h7,10,15,17,21-22,24-25,27-28,30-31,33-34,60H,4-6,8-9,11-14,16,18-20,23,26,29,32,35-59H2,1-3H3/b10-7-,17-15-,22-21-,25-24-,28-27-,31-30-,34-33-. The van der Waals surface area contributed by atoms with Crippen LogP contribution in [0.1, 0.15) is 278 Å². The van der Waals surface area contributed by atoms with E-state index >= 15 is 0 Å². The van der Waals surface area contributed by atoms with Crippen LogP contribution in [0.5, 0.6) is 0 Å². The number of hydrogen-bond acceptors (Lipinski definition) is 6. The number of esters is 3. The summed E-state index contributed by atoms with van der Waals surface area (Å²) in [6.07, 6.45) is 74.9. The maximum Gasteiger partial charge on any atom is 0.306 e. The Labute approximate surface area is 426 Å². The summed E-state index contributed by atoms with van der Waals surface area (Å²) in [6.45, 7) is 6.45. The van der Waals surface area contributed by atoms with Crippen LogP contribution in [-0.2, 0) is 28.6 Å². The summed E-state index contributed by atoms with van der Waals surface area (Å²) in [4.78, 5) is 37.7. The van der Waals surface area contributed by atoms with E-state index in [0.29, 0.717) is 19.3 Å². The zero-order chi connectivity index (χ0) is 50.0. The fraction of sp³-hybridized carbons (Fsp3) is 0.730. The minimum atomic E-state index is -0.770. The van der Waals surface area contributed by atoms with Gasteiger partial charge in [0.05, 0.1) is 0 Å². The van der Waals surface area contributed by atoms with Crippen molar-refractivity contribution in [3.05, 3.63) is 85.1 Å². The number of carbonyl (C=O) groups is 3. The third kappa shape index (κ3) is 55.4. The van der Waals surface area contributed by atoms with Crippen LogP contribution in [0.25, 0.3) is 0 Å². The molecule has 0 saturated carbocycles. The summed E-state index contributed by atoms with van der Waals surface area (Å²) < 4.78 is 16.7. The molecule has 1 atom stereocenters. The molecule has 0 rings (SSSR count). The molecule has 0 radical (unpaired) electrons. The highest BCUT2D eigenvalue weighted by molar-refractivity contribution is 5.71. The van der Waals surface area contributed by atoms with Crippen LogP contribution in [-0.4, -0.2) is 37.2 Å². The van der Waals surface area contributed by atoms with E-state index in [2.05, 4.69) is 106 Å². The summed E-state index contributed by atoms with van der Waals surface area (Å²) in [5.41, 5.74) is 0. The van der Waals surface area contributed by atoms with Crippen molar-refractivity contribution in [2.75, 3.05) is 13.2 Å². The SMILES string of the molecule is CC/C=C\C/C=C\C/C=C\C/C=C\C/C=C\C/C=C\C/C=C\CCCCCCCCCCCCCC(=O)OCC(COC(=O)CCCCCCC)OC(=O)CCCCCCCCCCCCCCC. The number of ether oxygens (including phenoxy) is 3. The second-order valence-electron chi connectivity index (χ2n) is 19.2. The Morgan fingerprint density at radius 3 is 0.884 bits per heavy atom. The van der Waals surface area contributed by atoms with E-state index < -0.39 is 6.10 Å². The Bertz CT molecular complexity index is 1330. The molecule has 0 aromatic rings. The number of rotatable bonds is 52. The van der Waals surface area contributed by atoms with Crippen molar-refractivity contribution in [1.82, 2.24) is 0 Å². The van der Waals surface area contributed by atoms with Gasteiger partial charge >= 0.3 is 17.9 Å². The summed E-state index contributed by atoms with van der Waals surface area (Å²) in [5, 5.41) is 0. The molecule has 0 amide bonds. The Morgan fingerprint density at radius 2 is 0.565 bits per heavy atom. The summed E-state index contributed by atoms with van der Waals surface area (Å²) in [7, 11) is 0. The zero-order valence-corrected chi connectivity index (χ0v) is 45.3.